The lowest BCUT2D eigenvalue weighted by molar-refractivity contribution is -0.388. The van der Waals surface area contributed by atoms with E-state index in [0.717, 1.165) is 4.80 Å². The van der Waals surface area contributed by atoms with Gasteiger partial charge in [0.1, 0.15) is 11.4 Å². The lowest BCUT2D eigenvalue weighted by atomic mass is 10.3. The Morgan fingerprint density at radius 2 is 2.06 bits per heavy atom. The molecule has 0 spiro atoms. The number of benzene rings is 1. The maximum Gasteiger partial charge on any atom is 0.434 e. The van der Waals surface area contributed by atoms with Gasteiger partial charge in [-0.3, -0.25) is 0 Å². The Morgan fingerprint density at radius 3 is 2.56 bits per heavy atom. The van der Waals surface area contributed by atoms with E-state index in [0.29, 0.717) is 18.0 Å². The van der Waals surface area contributed by atoms with Gasteiger partial charge in [-0.15, -0.1) is 5.10 Å². The van der Waals surface area contributed by atoms with Gasteiger partial charge in [0.15, 0.2) is 0 Å². The first kappa shape index (κ1) is 11.8. The maximum absolute atomic E-state index is 10.6. The van der Waals surface area contributed by atoms with Crippen molar-refractivity contribution in [1.29, 1.82) is 0 Å². The summed E-state index contributed by atoms with van der Waals surface area (Å²) in [7, 11) is 0. The van der Waals surface area contributed by atoms with Gasteiger partial charge in [0.05, 0.1) is 11.7 Å². The van der Waals surface area contributed by atoms with Gasteiger partial charge in [-0.2, -0.15) is 0 Å². The summed E-state index contributed by atoms with van der Waals surface area (Å²) in [5, 5.41) is 18.1. The first-order chi connectivity index (χ1) is 8.61. The highest BCUT2D eigenvalue weighted by molar-refractivity contribution is 5.46. The maximum atomic E-state index is 10.6. The van der Waals surface area contributed by atoms with Crippen LogP contribution in [0.2, 0.25) is 0 Å². The minimum atomic E-state index is -0.673. The summed E-state index contributed by atoms with van der Waals surface area (Å²) in [4.78, 5) is 11.0. The highest BCUT2D eigenvalue weighted by Crippen LogP contribution is 2.19. The van der Waals surface area contributed by atoms with Crippen LogP contribution in [-0.4, -0.2) is 26.5 Å². The lowest BCUT2D eigenvalue weighted by Gasteiger charge is -2.02. The van der Waals surface area contributed by atoms with Crippen molar-refractivity contribution in [3.63, 3.8) is 0 Å². The predicted octanol–water partition coefficient (Wildman–Crippen LogP) is 1.16. The van der Waals surface area contributed by atoms with E-state index < -0.39 is 10.7 Å². The van der Waals surface area contributed by atoms with Gasteiger partial charge < -0.3 is 20.6 Å². The van der Waals surface area contributed by atoms with Gasteiger partial charge in [-0.25, -0.2) is 0 Å². The van der Waals surface area contributed by atoms with Crippen molar-refractivity contribution in [3.05, 3.63) is 34.4 Å². The second kappa shape index (κ2) is 4.70. The zero-order valence-electron chi connectivity index (χ0n) is 9.61. The third-order valence-electron chi connectivity index (χ3n) is 2.17. The van der Waals surface area contributed by atoms with E-state index >= 15 is 0 Å². The standard InChI is InChI=1S/C10H11N5O3/c1-2-18-8-5-3-7(4-6-8)14-12-9(11)10(13-14)15(16)17/h3-6H,2H2,1H3,(H2,11,12). The summed E-state index contributed by atoms with van der Waals surface area (Å²) >= 11 is 0. The van der Waals surface area contributed by atoms with Crippen LogP contribution in [0.25, 0.3) is 5.69 Å². The van der Waals surface area contributed by atoms with Gasteiger partial charge in [0, 0.05) is 0 Å². The second-order valence-corrected chi connectivity index (χ2v) is 3.38. The molecule has 2 N–H and O–H groups in total. The van der Waals surface area contributed by atoms with Crippen molar-refractivity contribution < 1.29 is 9.66 Å². The molecule has 0 unspecified atom stereocenters. The fourth-order valence-corrected chi connectivity index (χ4v) is 1.40. The first-order valence-corrected chi connectivity index (χ1v) is 5.22. The molecule has 18 heavy (non-hydrogen) atoms. The molecule has 0 amide bonds. The summed E-state index contributed by atoms with van der Waals surface area (Å²) in [6.45, 7) is 2.45. The molecule has 0 aliphatic heterocycles. The zero-order valence-corrected chi connectivity index (χ0v) is 9.61. The summed E-state index contributed by atoms with van der Waals surface area (Å²) in [6.07, 6.45) is 0. The van der Waals surface area contributed by atoms with Crippen LogP contribution < -0.4 is 10.5 Å². The Balaban J connectivity index is 2.31. The predicted molar refractivity (Wildman–Crippen MR) is 63.6 cm³/mol. The minimum absolute atomic E-state index is 0.214. The van der Waals surface area contributed by atoms with Crippen molar-refractivity contribution >= 4 is 11.6 Å². The third kappa shape index (κ3) is 2.21. The number of aromatic nitrogens is 3. The summed E-state index contributed by atoms with van der Waals surface area (Å²) in [5.41, 5.74) is 5.96. The molecule has 0 bridgehead atoms. The minimum Gasteiger partial charge on any atom is -0.494 e. The summed E-state index contributed by atoms with van der Waals surface area (Å²) < 4.78 is 5.28. The Bertz CT molecular complexity index is 563. The van der Waals surface area contributed by atoms with E-state index in [4.69, 9.17) is 10.5 Å². The topological polar surface area (TPSA) is 109 Å². The van der Waals surface area contributed by atoms with Crippen LogP contribution in [0.4, 0.5) is 11.6 Å². The third-order valence-corrected chi connectivity index (χ3v) is 2.17. The van der Waals surface area contributed by atoms with E-state index in [-0.39, 0.29) is 5.82 Å². The van der Waals surface area contributed by atoms with E-state index in [1.54, 1.807) is 24.3 Å². The smallest absolute Gasteiger partial charge is 0.434 e. The van der Waals surface area contributed by atoms with Crippen molar-refractivity contribution in [3.8, 4) is 11.4 Å². The Hall–Kier alpha value is -2.64. The fourth-order valence-electron chi connectivity index (χ4n) is 1.40. The lowest BCUT2D eigenvalue weighted by Crippen LogP contribution is -2.00. The van der Waals surface area contributed by atoms with E-state index in [1.165, 1.54) is 0 Å². The number of hydrogen-bond donors (Lipinski definition) is 1. The number of rotatable bonds is 4. The molecule has 2 aromatic rings. The molecule has 0 saturated carbocycles. The second-order valence-electron chi connectivity index (χ2n) is 3.38. The molecule has 8 nitrogen and oxygen atoms in total. The van der Waals surface area contributed by atoms with Gasteiger partial charge in [0.25, 0.3) is 0 Å². The van der Waals surface area contributed by atoms with Crippen molar-refractivity contribution in [2.24, 2.45) is 0 Å². The average molecular weight is 249 g/mol. The molecule has 8 heteroatoms. The SMILES string of the molecule is CCOc1ccc(-n2nc(N)c([N+](=O)[O-])n2)cc1. The Labute approximate surface area is 102 Å². The molecule has 0 fully saturated rings. The number of nitrogens with two attached hydrogens (primary N) is 1. The van der Waals surface area contributed by atoms with Gasteiger partial charge in [0.2, 0.25) is 5.82 Å². The zero-order chi connectivity index (χ0) is 13.1. The molecule has 0 aliphatic carbocycles. The molecule has 1 heterocycles. The highest BCUT2D eigenvalue weighted by Gasteiger charge is 2.20. The largest absolute Gasteiger partial charge is 0.494 e. The molecule has 1 aromatic heterocycles. The quantitative estimate of drug-likeness (QED) is 0.643. The molecule has 0 aliphatic rings. The monoisotopic (exact) mass is 249 g/mol. The first-order valence-electron chi connectivity index (χ1n) is 5.22. The van der Waals surface area contributed by atoms with E-state index in [1.807, 2.05) is 6.92 Å². The van der Waals surface area contributed by atoms with Crippen LogP contribution in [0.1, 0.15) is 6.92 Å². The number of hydrogen-bond acceptors (Lipinski definition) is 6. The Kier molecular flexibility index (Phi) is 3.09. The Morgan fingerprint density at radius 1 is 1.39 bits per heavy atom. The van der Waals surface area contributed by atoms with Crippen molar-refractivity contribution in [1.82, 2.24) is 15.0 Å². The molecular formula is C10H11N5O3. The van der Waals surface area contributed by atoms with Crippen molar-refractivity contribution in [2.75, 3.05) is 12.3 Å². The fraction of sp³-hybridized carbons (Fsp3) is 0.200. The average Bonchev–Trinajstić information content (AvgIpc) is 2.73. The van der Waals surface area contributed by atoms with Crippen LogP contribution in [0.3, 0.4) is 0 Å². The number of nitrogens with zero attached hydrogens (tertiary/aromatic N) is 4. The van der Waals surface area contributed by atoms with Gasteiger partial charge in [-0.05, 0) is 36.1 Å². The molecule has 0 saturated heterocycles. The molecule has 0 radical (unpaired) electrons. The summed E-state index contributed by atoms with van der Waals surface area (Å²) in [5.74, 6) is 0.0358. The highest BCUT2D eigenvalue weighted by atomic mass is 16.6. The molecule has 0 atom stereocenters. The number of nitro groups is 1. The van der Waals surface area contributed by atoms with Crippen molar-refractivity contribution in [2.45, 2.75) is 6.92 Å². The van der Waals surface area contributed by atoms with Crippen LogP contribution >= 0.6 is 0 Å². The molecule has 94 valence electrons. The number of anilines is 1. The van der Waals surface area contributed by atoms with Gasteiger partial charge in [-0.1, -0.05) is 4.80 Å². The van der Waals surface area contributed by atoms with Crippen LogP contribution in [-0.2, 0) is 0 Å². The van der Waals surface area contributed by atoms with Crippen LogP contribution in [0, 0.1) is 10.1 Å². The number of ether oxygens (including phenoxy) is 1. The number of nitrogen functional groups attached to an aromatic ring is 1. The summed E-state index contributed by atoms with van der Waals surface area (Å²) in [6, 6.07) is 6.83. The van der Waals surface area contributed by atoms with E-state index in [2.05, 4.69) is 10.2 Å². The molecule has 1 aromatic carbocycles. The molecule has 2 rings (SSSR count). The van der Waals surface area contributed by atoms with E-state index in [9.17, 15) is 10.1 Å². The van der Waals surface area contributed by atoms with Crippen LogP contribution in [0.15, 0.2) is 24.3 Å². The normalized spacial score (nSPS) is 10.3. The molecular weight excluding hydrogens is 238 g/mol. The van der Waals surface area contributed by atoms with Crippen LogP contribution in [0.5, 0.6) is 5.75 Å². The van der Waals surface area contributed by atoms with Gasteiger partial charge >= 0.3 is 5.82 Å².